The lowest BCUT2D eigenvalue weighted by Crippen LogP contribution is -1.95. The van der Waals surface area contributed by atoms with Crippen LogP contribution in [0.1, 0.15) is 26.2 Å². The van der Waals surface area contributed by atoms with Crippen LogP contribution in [-0.4, -0.2) is 5.78 Å². The van der Waals surface area contributed by atoms with Crippen molar-refractivity contribution in [3.8, 4) is 0 Å². The van der Waals surface area contributed by atoms with Crippen molar-refractivity contribution in [3.63, 3.8) is 0 Å². The predicted octanol–water partition coefficient (Wildman–Crippen LogP) is 1.38. The molecule has 0 spiro atoms. The summed E-state index contributed by atoms with van der Waals surface area (Å²) in [6.45, 7) is 1.70. The molecule has 0 aliphatic heterocycles. The van der Waals surface area contributed by atoms with Crippen molar-refractivity contribution in [2.75, 3.05) is 0 Å². The van der Waals surface area contributed by atoms with Gasteiger partial charge in [-0.05, 0) is 31.1 Å². The number of carbonyl (C=O) groups excluding carboxylic acids is 1. The lowest BCUT2D eigenvalue weighted by Gasteiger charge is -1.94. The minimum atomic E-state index is 0.380. The molecule has 0 aromatic carbocycles. The monoisotopic (exact) mass is 110 g/mol. The molecule has 2 fully saturated rings. The standard InChI is InChI=1S/C7H10O/c1-5(8)2-7-3-6(7)4-7/h6H,2-4H2,1H3. The van der Waals surface area contributed by atoms with Gasteiger partial charge >= 0.3 is 0 Å². The molecule has 0 N–H and O–H groups in total. The number of ketones is 1. The van der Waals surface area contributed by atoms with E-state index in [1.807, 2.05) is 0 Å². The fraction of sp³-hybridized carbons (Fsp3) is 0.857. The van der Waals surface area contributed by atoms with Crippen molar-refractivity contribution in [2.24, 2.45) is 11.3 Å². The Kier molecular flexibility index (Phi) is 0.565. The van der Waals surface area contributed by atoms with Crippen molar-refractivity contribution >= 4 is 5.78 Å². The van der Waals surface area contributed by atoms with E-state index in [1.165, 1.54) is 12.8 Å². The summed E-state index contributed by atoms with van der Waals surface area (Å²) in [5.74, 6) is 1.36. The Morgan fingerprint density at radius 2 is 2.25 bits per heavy atom. The molecule has 0 unspecified atom stereocenters. The first-order valence-corrected chi connectivity index (χ1v) is 3.22. The Morgan fingerprint density at radius 3 is 2.38 bits per heavy atom. The minimum absolute atomic E-state index is 0.380. The summed E-state index contributed by atoms with van der Waals surface area (Å²) in [5, 5.41) is 0. The van der Waals surface area contributed by atoms with E-state index in [0.717, 1.165) is 12.3 Å². The van der Waals surface area contributed by atoms with Gasteiger partial charge in [-0.15, -0.1) is 0 Å². The van der Waals surface area contributed by atoms with Crippen LogP contribution < -0.4 is 0 Å². The van der Waals surface area contributed by atoms with Gasteiger partial charge in [-0.1, -0.05) is 0 Å². The maximum Gasteiger partial charge on any atom is 0.130 e. The van der Waals surface area contributed by atoms with Crippen LogP contribution >= 0.6 is 0 Å². The maximum absolute atomic E-state index is 10.5. The summed E-state index contributed by atoms with van der Waals surface area (Å²) in [6, 6.07) is 0. The normalized spacial score (nSPS) is 47.9. The molecule has 1 nitrogen and oxygen atoms in total. The van der Waals surface area contributed by atoms with E-state index in [-0.39, 0.29) is 0 Å². The number of rotatable bonds is 2. The van der Waals surface area contributed by atoms with Crippen LogP contribution in [0.4, 0.5) is 0 Å². The summed E-state index contributed by atoms with van der Waals surface area (Å²) in [7, 11) is 0. The first-order valence-electron chi connectivity index (χ1n) is 3.22. The Labute approximate surface area is 49.1 Å². The third-order valence-electron chi connectivity index (χ3n) is 2.45. The highest BCUT2D eigenvalue weighted by molar-refractivity contribution is 5.77. The van der Waals surface area contributed by atoms with Gasteiger partial charge in [-0.25, -0.2) is 0 Å². The topological polar surface area (TPSA) is 17.1 Å². The number of hydrogen-bond donors (Lipinski definition) is 0. The Morgan fingerprint density at radius 1 is 1.75 bits per heavy atom. The molecule has 0 saturated heterocycles. The second kappa shape index (κ2) is 0.996. The van der Waals surface area contributed by atoms with Gasteiger partial charge in [-0.2, -0.15) is 0 Å². The van der Waals surface area contributed by atoms with Crippen molar-refractivity contribution < 1.29 is 4.79 Å². The Bertz CT molecular complexity index is 142. The lowest BCUT2D eigenvalue weighted by molar-refractivity contribution is -0.117. The van der Waals surface area contributed by atoms with Gasteiger partial charge < -0.3 is 4.79 Å². The second-order valence-electron chi connectivity index (χ2n) is 3.35. The fourth-order valence-corrected chi connectivity index (χ4v) is 1.59. The summed E-state index contributed by atoms with van der Waals surface area (Å²) in [5.41, 5.74) is 0.589. The highest BCUT2D eigenvalue weighted by atomic mass is 16.1. The van der Waals surface area contributed by atoms with Crippen LogP contribution in [0.3, 0.4) is 0 Å². The molecule has 0 bridgehead atoms. The van der Waals surface area contributed by atoms with Crippen LogP contribution in [-0.2, 0) is 4.79 Å². The molecule has 2 aliphatic carbocycles. The molecule has 2 saturated carbocycles. The highest BCUT2D eigenvalue weighted by Crippen LogP contribution is 2.77. The third-order valence-corrected chi connectivity index (χ3v) is 2.45. The van der Waals surface area contributed by atoms with E-state index in [1.54, 1.807) is 6.92 Å². The SMILES string of the molecule is CC(=O)CC12CC1C2. The molecule has 1 heteroatoms. The van der Waals surface area contributed by atoms with Crippen LogP contribution in [0, 0.1) is 11.3 Å². The average Bonchev–Trinajstić information content (AvgIpc) is 2.18. The number of carbonyl (C=O) groups is 1. The molecule has 0 radical (unpaired) electrons. The Balaban J connectivity index is 1.92. The summed E-state index contributed by atoms with van der Waals surface area (Å²) in [6.07, 6.45) is 3.58. The maximum atomic E-state index is 10.5. The fourth-order valence-electron chi connectivity index (χ4n) is 1.59. The van der Waals surface area contributed by atoms with Crippen LogP contribution in [0.25, 0.3) is 0 Å². The average molecular weight is 110 g/mol. The zero-order valence-electron chi connectivity index (χ0n) is 5.11. The van der Waals surface area contributed by atoms with Crippen molar-refractivity contribution in [1.82, 2.24) is 0 Å². The van der Waals surface area contributed by atoms with E-state index >= 15 is 0 Å². The smallest absolute Gasteiger partial charge is 0.130 e. The predicted molar refractivity (Wildman–Crippen MR) is 30.5 cm³/mol. The summed E-state index contributed by atoms with van der Waals surface area (Å²) in [4.78, 5) is 10.5. The Hall–Kier alpha value is -0.330. The number of fused-ring (bicyclic) bond motifs is 1. The molecule has 44 valence electrons. The first-order chi connectivity index (χ1) is 3.73. The first kappa shape index (κ1) is 4.54. The van der Waals surface area contributed by atoms with Crippen LogP contribution in [0.15, 0.2) is 0 Å². The van der Waals surface area contributed by atoms with E-state index in [0.29, 0.717) is 11.2 Å². The van der Waals surface area contributed by atoms with Gasteiger partial charge in [0.15, 0.2) is 0 Å². The van der Waals surface area contributed by atoms with Gasteiger partial charge in [0.1, 0.15) is 5.78 Å². The van der Waals surface area contributed by atoms with Gasteiger partial charge in [0.25, 0.3) is 0 Å². The van der Waals surface area contributed by atoms with Gasteiger partial charge in [-0.3, -0.25) is 0 Å². The quantitative estimate of drug-likeness (QED) is 0.524. The lowest BCUT2D eigenvalue weighted by atomic mass is 10.1. The molecular weight excluding hydrogens is 100 g/mol. The molecule has 2 aliphatic rings. The molecule has 2 rings (SSSR count). The molecule has 0 heterocycles. The van der Waals surface area contributed by atoms with Gasteiger partial charge in [0, 0.05) is 6.42 Å². The van der Waals surface area contributed by atoms with Crippen LogP contribution in [0.5, 0.6) is 0 Å². The van der Waals surface area contributed by atoms with Gasteiger partial charge in [0.05, 0.1) is 0 Å². The van der Waals surface area contributed by atoms with E-state index in [9.17, 15) is 4.79 Å². The van der Waals surface area contributed by atoms with Crippen molar-refractivity contribution in [2.45, 2.75) is 26.2 Å². The zero-order valence-corrected chi connectivity index (χ0v) is 5.11. The molecular formula is C7H10O. The largest absolute Gasteiger partial charge is 0.300 e. The second-order valence-corrected chi connectivity index (χ2v) is 3.35. The van der Waals surface area contributed by atoms with E-state index in [2.05, 4.69) is 0 Å². The van der Waals surface area contributed by atoms with Crippen molar-refractivity contribution in [1.29, 1.82) is 0 Å². The minimum Gasteiger partial charge on any atom is -0.300 e. The molecule has 0 aromatic heterocycles. The molecule has 8 heavy (non-hydrogen) atoms. The number of hydrogen-bond acceptors (Lipinski definition) is 1. The van der Waals surface area contributed by atoms with E-state index < -0.39 is 0 Å². The summed E-state index contributed by atoms with van der Waals surface area (Å²) < 4.78 is 0. The molecule has 0 atom stereocenters. The highest BCUT2D eigenvalue weighted by Gasteiger charge is 2.69. The van der Waals surface area contributed by atoms with E-state index in [4.69, 9.17) is 0 Å². The summed E-state index contributed by atoms with van der Waals surface area (Å²) >= 11 is 0. The molecule has 0 amide bonds. The number of Topliss-reactive ketones (excluding diaryl/α,β-unsaturated/α-hetero) is 1. The zero-order chi connectivity index (χ0) is 5.78. The third kappa shape index (κ3) is 0.445. The molecule has 0 aromatic rings. The van der Waals surface area contributed by atoms with Crippen LogP contribution in [0.2, 0.25) is 0 Å². The van der Waals surface area contributed by atoms with Crippen molar-refractivity contribution in [3.05, 3.63) is 0 Å². The van der Waals surface area contributed by atoms with Gasteiger partial charge in [0.2, 0.25) is 0 Å².